The molecule has 2 saturated heterocycles. The van der Waals surface area contributed by atoms with Crippen molar-refractivity contribution in [2.75, 3.05) is 33.3 Å². The van der Waals surface area contributed by atoms with Gasteiger partial charge < -0.3 is 9.84 Å². The van der Waals surface area contributed by atoms with Crippen LogP contribution in [0.2, 0.25) is 0 Å². The summed E-state index contributed by atoms with van der Waals surface area (Å²) in [6.45, 7) is 4.76. The summed E-state index contributed by atoms with van der Waals surface area (Å²) in [4.78, 5) is 9.27. The number of benzene rings is 1. The standard InChI is InChI=1S/C22H29N3O2/c1-27-21-10-9-18(15-23-21)16-24-14-11-22(26,19-7-3-2-4-8-19)20(17-24)25-12-5-6-13-25/h2-4,7-10,15,20,26H,5-6,11-14,16-17H2,1H3/t20-,22+/m1/s1. The molecule has 0 spiro atoms. The van der Waals surface area contributed by atoms with Crippen molar-refractivity contribution in [3.05, 3.63) is 59.8 Å². The van der Waals surface area contributed by atoms with Gasteiger partial charge in [0, 0.05) is 31.9 Å². The second-order valence-electron chi connectivity index (χ2n) is 7.74. The van der Waals surface area contributed by atoms with Crippen molar-refractivity contribution in [2.45, 2.75) is 37.5 Å². The maximum atomic E-state index is 11.7. The lowest BCUT2D eigenvalue weighted by molar-refractivity contribution is -0.0959. The van der Waals surface area contributed by atoms with E-state index in [2.05, 4.69) is 33.0 Å². The highest BCUT2D eigenvalue weighted by Crippen LogP contribution is 2.37. The predicted octanol–water partition coefficient (Wildman–Crippen LogP) is 2.65. The fourth-order valence-corrected chi connectivity index (χ4v) is 4.54. The van der Waals surface area contributed by atoms with Gasteiger partial charge in [0.1, 0.15) is 5.60 Å². The van der Waals surface area contributed by atoms with E-state index in [4.69, 9.17) is 4.74 Å². The molecule has 1 aromatic carbocycles. The Morgan fingerprint density at radius 2 is 1.89 bits per heavy atom. The second-order valence-corrected chi connectivity index (χ2v) is 7.74. The molecule has 3 heterocycles. The number of nitrogens with zero attached hydrogens (tertiary/aromatic N) is 3. The summed E-state index contributed by atoms with van der Waals surface area (Å²) >= 11 is 0. The number of hydrogen-bond donors (Lipinski definition) is 1. The Balaban J connectivity index is 1.53. The molecule has 0 bridgehead atoms. The van der Waals surface area contributed by atoms with Crippen molar-refractivity contribution in [3.8, 4) is 5.88 Å². The van der Waals surface area contributed by atoms with Crippen molar-refractivity contribution in [1.82, 2.24) is 14.8 Å². The number of hydrogen-bond acceptors (Lipinski definition) is 5. The van der Waals surface area contributed by atoms with Gasteiger partial charge in [-0.3, -0.25) is 9.80 Å². The van der Waals surface area contributed by atoms with Crippen LogP contribution in [-0.2, 0) is 12.1 Å². The molecule has 0 saturated carbocycles. The molecule has 2 aromatic rings. The summed E-state index contributed by atoms with van der Waals surface area (Å²) in [5, 5.41) is 11.7. The van der Waals surface area contributed by atoms with Gasteiger partial charge in [-0.1, -0.05) is 36.4 Å². The number of ether oxygens (including phenoxy) is 1. The summed E-state index contributed by atoms with van der Waals surface area (Å²) in [6.07, 6.45) is 5.09. The van der Waals surface area contributed by atoms with Gasteiger partial charge in [0.05, 0.1) is 13.2 Å². The molecule has 2 atom stereocenters. The first kappa shape index (κ1) is 18.4. The maximum absolute atomic E-state index is 11.7. The van der Waals surface area contributed by atoms with Crippen molar-refractivity contribution in [3.63, 3.8) is 0 Å². The van der Waals surface area contributed by atoms with Crippen molar-refractivity contribution in [1.29, 1.82) is 0 Å². The molecule has 2 aliphatic rings. The van der Waals surface area contributed by atoms with E-state index in [-0.39, 0.29) is 6.04 Å². The van der Waals surface area contributed by atoms with Gasteiger partial charge in [-0.05, 0) is 43.5 Å². The lowest BCUT2D eigenvalue weighted by Gasteiger charge is -2.48. The van der Waals surface area contributed by atoms with Crippen LogP contribution in [0, 0.1) is 0 Å². The van der Waals surface area contributed by atoms with Gasteiger partial charge in [0.15, 0.2) is 0 Å². The van der Waals surface area contributed by atoms with E-state index in [1.165, 1.54) is 18.4 Å². The van der Waals surface area contributed by atoms with Crippen LogP contribution in [0.1, 0.15) is 30.4 Å². The molecule has 1 N–H and O–H groups in total. The van der Waals surface area contributed by atoms with Crippen LogP contribution in [-0.4, -0.2) is 59.2 Å². The van der Waals surface area contributed by atoms with Crippen LogP contribution < -0.4 is 4.74 Å². The number of pyridine rings is 1. The van der Waals surface area contributed by atoms with E-state index in [0.717, 1.165) is 44.7 Å². The molecule has 0 radical (unpaired) electrons. The first-order valence-corrected chi connectivity index (χ1v) is 9.92. The van der Waals surface area contributed by atoms with E-state index in [9.17, 15) is 5.11 Å². The van der Waals surface area contributed by atoms with Gasteiger partial charge in [-0.2, -0.15) is 0 Å². The molecule has 144 valence electrons. The van der Waals surface area contributed by atoms with Gasteiger partial charge in [-0.15, -0.1) is 0 Å². The fraction of sp³-hybridized carbons (Fsp3) is 0.500. The normalized spacial score (nSPS) is 27.0. The Bertz CT molecular complexity index is 731. The third kappa shape index (κ3) is 3.86. The third-order valence-electron chi connectivity index (χ3n) is 6.06. The van der Waals surface area contributed by atoms with E-state index in [0.29, 0.717) is 5.88 Å². The molecular weight excluding hydrogens is 338 g/mol. The number of likely N-dealkylation sites (tertiary alicyclic amines) is 2. The molecule has 0 amide bonds. The Morgan fingerprint density at radius 1 is 1.11 bits per heavy atom. The summed E-state index contributed by atoms with van der Waals surface area (Å²) in [5.41, 5.74) is 1.45. The monoisotopic (exact) mass is 367 g/mol. The minimum Gasteiger partial charge on any atom is -0.481 e. The largest absolute Gasteiger partial charge is 0.481 e. The fourth-order valence-electron chi connectivity index (χ4n) is 4.54. The lowest BCUT2D eigenvalue weighted by Crippen LogP contribution is -2.60. The zero-order valence-electron chi connectivity index (χ0n) is 16.1. The van der Waals surface area contributed by atoms with Crippen LogP contribution >= 0.6 is 0 Å². The SMILES string of the molecule is COc1ccc(CN2CC[C@](O)(c3ccccc3)[C@H](N3CCCC3)C2)cn1. The van der Waals surface area contributed by atoms with Crippen LogP contribution in [0.4, 0.5) is 0 Å². The topological polar surface area (TPSA) is 48.8 Å². The zero-order valence-corrected chi connectivity index (χ0v) is 16.1. The van der Waals surface area contributed by atoms with Crippen LogP contribution in [0.3, 0.4) is 0 Å². The summed E-state index contributed by atoms with van der Waals surface area (Å²) in [5.74, 6) is 0.644. The average Bonchev–Trinajstić information content (AvgIpc) is 3.25. The van der Waals surface area contributed by atoms with Gasteiger partial charge in [-0.25, -0.2) is 4.98 Å². The first-order chi connectivity index (χ1) is 13.2. The molecular formula is C22H29N3O2. The number of piperidine rings is 1. The summed E-state index contributed by atoms with van der Waals surface area (Å²) < 4.78 is 5.16. The average molecular weight is 367 g/mol. The summed E-state index contributed by atoms with van der Waals surface area (Å²) in [6, 6.07) is 14.4. The molecule has 0 aliphatic carbocycles. The quantitative estimate of drug-likeness (QED) is 0.880. The Kier molecular flexibility index (Phi) is 5.43. The Hall–Kier alpha value is -1.95. The minimum absolute atomic E-state index is 0.127. The number of methoxy groups -OCH3 is 1. The summed E-state index contributed by atoms with van der Waals surface area (Å²) in [7, 11) is 1.64. The molecule has 5 heteroatoms. The minimum atomic E-state index is -0.778. The third-order valence-corrected chi connectivity index (χ3v) is 6.06. The van der Waals surface area contributed by atoms with Crippen molar-refractivity contribution in [2.24, 2.45) is 0 Å². The van der Waals surface area contributed by atoms with E-state index >= 15 is 0 Å². The zero-order chi connectivity index (χ0) is 18.7. The van der Waals surface area contributed by atoms with Gasteiger partial charge >= 0.3 is 0 Å². The molecule has 0 unspecified atom stereocenters. The first-order valence-electron chi connectivity index (χ1n) is 9.92. The highest BCUT2D eigenvalue weighted by Gasteiger charge is 2.46. The van der Waals surface area contributed by atoms with Crippen molar-refractivity contribution >= 4 is 0 Å². The second kappa shape index (κ2) is 7.97. The predicted molar refractivity (Wildman–Crippen MR) is 106 cm³/mol. The molecule has 27 heavy (non-hydrogen) atoms. The van der Waals surface area contributed by atoms with E-state index in [1.54, 1.807) is 7.11 Å². The Labute approximate surface area is 161 Å². The van der Waals surface area contributed by atoms with Crippen LogP contribution in [0.15, 0.2) is 48.7 Å². The number of aromatic nitrogens is 1. The molecule has 5 nitrogen and oxygen atoms in total. The van der Waals surface area contributed by atoms with Crippen LogP contribution in [0.25, 0.3) is 0 Å². The molecule has 2 fully saturated rings. The number of rotatable bonds is 5. The van der Waals surface area contributed by atoms with Crippen molar-refractivity contribution < 1.29 is 9.84 Å². The maximum Gasteiger partial charge on any atom is 0.212 e. The van der Waals surface area contributed by atoms with E-state index in [1.807, 2.05) is 30.5 Å². The van der Waals surface area contributed by atoms with Gasteiger partial charge in [0.25, 0.3) is 0 Å². The molecule has 4 rings (SSSR count). The lowest BCUT2D eigenvalue weighted by atomic mass is 9.79. The smallest absolute Gasteiger partial charge is 0.212 e. The highest BCUT2D eigenvalue weighted by molar-refractivity contribution is 5.26. The van der Waals surface area contributed by atoms with E-state index < -0.39 is 5.60 Å². The molecule has 2 aliphatic heterocycles. The van der Waals surface area contributed by atoms with Crippen LogP contribution in [0.5, 0.6) is 5.88 Å². The van der Waals surface area contributed by atoms with Gasteiger partial charge in [0.2, 0.25) is 5.88 Å². The number of aliphatic hydroxyl groups is 1. The highest BCUT2D eigenvalue weighted by atomic mass is 16.5. The molecule has 1 aromatic heterocycles. The Morgan fingerprint density at radius 3 is 2.56 bits per heavy atom.